The number of benzene rings is 2. The van der Waals surface area contributed by atoms with Crippen LogP contribution in [0.15, 0.2) is 53.4 Å². The molecule has 0 unspecified atom stereocenters. The van der Waals surface area contributed by atoms with Gasteiger partial charge >= 0.3 is 0 Å². The molecule has 0 aliphatic heterocycles. The Morgan fingerprint density at radius 1 is 1.04 bits per heavy atom. The van der Waals surface area contributed by atoms with Crippen LogP contribution >= 0.6 is 11.6 Å². The topological polar surface area (TPSA) is 52.0 Å². The van der Waals surface area contributed by atoms with Gasteiger partial charge in [0.25, 0.3) is 0 Å². The van der Waals surface area contributed by atoms with E-state index in [-0.39, 0.29) is 10.7 Å². The van der Waals surface area contributed by atoms with Crippen LogP contribution in [0.5, 0.6) is 0 Å². The van der Waals surface area contributed by atoms with Gasteiger partial charge in [-0.3, -0.25) is 4.57 Å². The van der Waals surface area contributed by atoms with Gasteiger partial charge in [0.1, 0.15) is 11.6 Å². The Kier molecular flexibility index (Phi) is 4.19. The maximum Gasteiger partial charge on any atom is 0.175 e. The van der Waals surface area contributed by atoms with Crippen molar-refractivity contribution in [2.75, 3.05) is 6.26 Å². The molecule has 24 heavy (non-hydrogen) atoms. The first-order valence-corrected chi connectivity index (χ1v) is 9.35. The third-order valence-electron chi connectivity index (χ3n) is 3.64. The Balaban J connectivity index is 2.17. The van der Waals surface area contributed by atoms with Crippen LogP contribution in [-0.2, 0) is 9.84 Å². The Morgan fingerprint density at radius 3 is 2.17 bits per heavy atom. The van der Waals surface area contributed by atoms with Crippen molar-refractivity contribution in [3.63, 3.8) is 0 Å². The van der Waals surface area contributed by atoms with Crippen LogP contribution in [0.4, 0.5) is 4.39 Å². The van der Waals surface area contributed by atoms with Gasteiger partial charge in [-0.25, -0.2) is 17.8 Å². The van der Waals surface area contributed by atoms with E-state index in [1.807, 2.05) is 4.57 Å². The van der Waals surface area contributed by atoms with Gasteiger partial charge in [0.15, 0.2) is 15.0 Å². The van der Waals surface area contributed by atoms with E-state index >= 15 is 0 Å². The van der Waals surface area contributed by atoms with Gasteiger partial charge in [0, 0.05) is 17.5 Å². The minimum Gasteiger partial charge on any atom is -0.295 e. The molecule has 124 valence electrons. The van der Waals surface area contributed by atoms with Crippen LogP contribution in [0.1, 0.15) is 5.82 Å². The van der Waals surface area contributed by atoms with Crippen LogP contribution < -0.4 is 0 Å². The molecule has 3 rings (SSSR count). The molecule has 0 N–H and O–H groups in total. The number of nitrogens with zero attached hydrogens (tertiary/aromatic N) is 2. The zero-order valence-electron chi connectivity index (χ0n) is 13.0. The number of aryl methyl sites for hydroxylation is 1. The van der Waals surface area contributed by atoms with Gasteiger partial charge < -0.3 is 0 Å². The van der Waals surface area contributed by atoms with Gasteiger partial charge in [-0.1, -0.05) is 11.6 Å². The number of imidazole rings is 1. The van der Waals surface area contributed by atoms with Crippen molar-refractivity contribution in [1.82, 2.24) is 9.55 Å². The fourth-order valence-electron chi connectivity index (χ4n) is 2.51. The maximum absolute atomic E-state index is 13.2. The molecule has 0 spiro atoms. The minimum atomic E-state index is -3.27. The highest BCUT2D eigenvalue weighted by molar-refractivity contribution is 7.90. The molecule has 7 heteroatoms. The lowest BCUT2D eigenvalue weighted by molar-refractivity contribution is 0.602. The predicted octanol–water partition coefficient (Wildman–Crippen LogP) is 4.04. The SMILES string of the molecule is Cc1nc(Cl)c(-c2ccc(F)cc2)n1-c1ccc(S(C)(=O)=O)cc1. The summed E-state index contributed by atoms with van der Waals surface area (Å²) in [5.74, 6) is 0.307. The van der Waals surface area contributed by atoms with Crippen molar-refractivity contribution in [3.8, 4) is 16.9 Å². The molecule has 0 radical (unpaired) electrons. The first-order chi connectivity index (χ1) is 11.3. The zero-order chi connectivity index (χ0) is 17.5. The van der Waals surface area contributed by atoms with Crippen molar-refractivity contribution in [1.29, 1.82) is 0 Å². The van der Waals surface area contributed by atoms with Crippen molar-refractivity contribution in [2.24, 2.45) is 0 Å². The van der Waals surface area contributed by atoms with Crippen molar-refractivity contribution >= 4 is 21.4 Å². The predicted molar refractivity (Wildman–Crippen MR) is 91.8 cm³/mol. The van der Waals surface area contributed by atoms with Gasteiger partial charge in [-0.2, -0.15) is 0 Å². The Hall–Kier alpha value is -2.18. The van der Waals surface area contributed by atoms with E-state index in [2.05, 4.69) is 4.98 Å². The van der Waals surface area contributed by atoms with E-state index in [0.717, 1.165) is 11.9 Å². The van der Waals surface area contributed by atoms with E-state index in [1.54, 1.807) is 31.2 Å². The molecule has 0 amide bonds. The molecule has 2 aromatic carbocycles. The maximum atomic E-state index is 13.2. The molecular formula is C17H14ClFN2O2S. The second-order valence-electron chi connectivity index (χ2n) is 5.41. The lowest BCUT2D eigenvalue weighted by Crippen LogP contribution is -2.01. The Morgan fingerprint density at radius 2 is 1.62 bits per heavy atom. The molecule has 3 aromatic rings. The third kappa shape index (κ3) is 3.07. The summed E-state index contributed by atoms with van der Waals surface area (Å²) < 4.78 is 38.2. The summed E-state index contributed by atoms with van der Waals surface area (Å²) in [6, 6.07) is 12.4. The highest BCUT2D eigenvalue weighted by atomic mass is 35.5. The third-order valence-corrected chi connectivity index (χ3v) is 5.04. The van der Waals surface area contributed by atoms with E-state index in [4.69, 9.17) is 11.6 Å². The highest BCUT2D eigenvalue weighted by Gasteiger charge is 2.17. The van der Waals surface area contributed by atoms with Crippen LogP contribution in [0.2, 0.25) is 5.15 Å². The smallest absolute Gasteiger partial charge is 0.175 e. The largest absolute Gasteiger partial charge is 0.295 e. The number of halogens is 2. The average molecular weight is 365 g/mol. The fourth-order valence-corrected chi connectivity index (χ4v) is 3.46. The lowest BCUT2D eigenvalue weighted by Gasteiger charge is -2.11. The molecule has 1 heterocycles. The van der Waals surface area contributed by atoms with Crippen LogP contribution in [0, 0.1) is 12.7 Å². The van der Waals surface area contributed by atoms with Crippen molar-refractivity contribution < 1.29 is 12.8 Å². The van der Waals surface area contributed by atoms with Crippen LogP contribution in [0.25, 0.3) is 16.9 Å². The van der Waals surface area contributed by atoms with Gasteiger partial charge in [-0.15, -0.1) is 0 Å². The monoisotopic (exact) mass is 364 g/mol. The summed E-state index contributed by atoms with van der Waals surface area (Å²) in [6.45, 7) is 1.80. The first kappa shape index (κ1) is 16.7. The molecule has 0 aliphatic carbocycles. The van der Waals surface area contributed by atoms with Crippen molar-refractivity contribution in [3.05, 3.63) is 65.3 Å². The quantitative estimate of drug-likeness (QED) is 0.704. The van der Waals surface area contributed by atoms with E-state index in [0.29, 0.717) is 22.2 Å². The number of hydrogen-bond donors (Lipinski definition) is 0. The molecule has 0 saturated carbocycles. The van der Waals surface area contributed by atoms with Gasteiger partial charge in [0.05, 0.1) is 10.6 Å². The van der Waals surface area contributed by atoms with Gasteiger partial charge in [0.2, 0.25) is 0 Å². The number of sulfone groups is 1. The summed E-state index contributed by atoms with van der Waals surface area (Å²) >= 11 is 6.26. The van der Waals surface area contributed by atoms with Crippen molar-refractivity contribution in [2.45, 2.75) is 11.8 Å². The number of rotatable bonds is 3. The molecule has 0 aliphatic rings. The standard InChI is InChI=1S/C17H14ClFN2O2S/c1-11-20-17(18)16(12-3-5-13(19)6-4-12)21(11)14-7-9-15(10-8-14)24(2,22)23/h3-10H,1-2H3. The first-order valence-electron chi connectivity index (χ1n) is 7.08. The fraction of sp³-hybridized carbons (Fsp3) is 0.118. The molecule has 0 fully saturated rings. The van der Waals surface area contributed by atoms with E-state index in [1.165, 1.54) is 24.3 Å². The number of aromatic nitrogens is 2. The summed E-state index contributed by atoms with van der Waals surface area (Å²) in [4.78, 5) is 4.51. The summed E-state index contributed by atoms with van der Waals surface area (Å²) in [5.41, 5.74) is 2.06. The molecular weight excluding hydrogens is 351 g/mol. The second-order valence-corrected chi connectivity index (χ2v) is 7.78. The van der Waals surface area contributed by atoms with Crippen LogP contribution in [0.3, 0.4) is 0 Å². The summed E-state index contributed by atoms with van der Waals surface area (Å²) in [7, 11) is -3.27. The number of hydrogen-bond acceptors (Lipinski definition) is 3. The molecule has 0 saturated heterocycles. The van der Waals surface area contributed by atoms with Crippen LogP contribution in [-0.4, -0.2) is 24.2 Å². The average Bonchev–Trinajstić information content (AvgIpc) is 2.82. The lowest BCUT2D eigenvalue weighted by atomic mass is 10.1. The Bertz CT molecular complexity index is 994. The normalized spacial score (nSPS) is 11.7. The second kappa shape index (κ2) is 6.03. The molecule has 4 nitrogen and oxygen atoms in total. The summed E-state index contributed by atoms with van der Waals surface area (Å²) in [6.07, 6.45) is 1.16. The zero-order valence-corrected chi connectivity index (χ0v) is 14.6. The molecule has 0 bridgehead atoms. The Labute approximate surface area is 144 Å². The molecule has 0 atom stereocenters. The van der Waals surface area contributed by atoms with Gasteiger partial charge in [-0.05, 0) is 55.5 Å². The minimum absolute atomic E-state index is 0.235. The van der Waals surface area contributed by atoms with E-state index in [9.17, 15) is 12.8 Å². The molecule has 1 aromatic heterocycles. The van der Waals surface area contributed by atoms with E-state index < -0.39 is 9.84 Å². The highest BCUT2D eigenvalue weighted by Crippen LogP contribution is 2.32. The summed E-state index contributed by atoms with van der Waals surface area (Å²) in [5, 5.41) is 0.297.